The van der Waals surface area contributed by atoms with Crippen molar-refractivity contribution in [3.8, 4) is 0 Å². The van der Waals surface area contributed by atoms with E-state index in [1.54, 1.807) is 0 Å². The molecule has 2 nitrogen and oxygen atoms in total. The number of ether oxygens (including phenoxy) is 1. The van der Waals surface area contributed by atoms with Crippen molar-refractivity contribution < 1.29 is 4.74 Å². The first-order valence-electron chi connectivity index (χ1n) is 8.73. The van der Waals surface area contributed by atoms with E-state index < -0.39 is 0 Å². The van der Waals surface area contributed by atoms with E-state index in [0.29, 0.717) is 6.10 Å². The van der Waals surface area contributed by atoms with E-state index in [4.69, 9.17) is 4.74 Å². The quantitative estimate of drug-likeness (QED) is 0.568. The molecular weight excluding hydrogens is 234 g/mol. The fraction of sp³-hybridized carbons (Fsp3) is 1.00. The normalized spacial score (nSPS) is 25.1. The van der Waals surface area contributed by atoms with Gasteiger partial charge in [-0.05, 0) is 38.6 Å². The summed E-state index contributed by atoms with van der Waals surface area (Å²) in [5, 5.41) is 3.63. The SMILES string of the molecule is CCCNCC1(OC2CCCCCC2)CCCCC1. The highest BCUT2D eigenvalue weighted by molar-refractivity contribution is 4.88. The maximum absolute atomic E-state index is 6.68. The molecule has 0 aromatic rings. The van der Waals surface area contributed by atoms with Crippen molar-refractivity contribution in [2.24, 2.45) is 0 Å². The Kier molecular flexibility index (Phi) is 6.66. The first kappa shape index (κ1) is 15.3. The first-order chi connectivity index (χ1) is 9.35. The van der Waals surface area contributed by atoms with Gasteiger partial charge in [0.15, 0.2) is 0 Å². The molecule has 0 aromatic carbocycles. The predicted molar refractivity (Wildman–Crippen MR) is 81.6 cm³/mol. The van der Waals surface area contributed by atoms with Gasteiger partial charge >= 0.3 is 0 Å². The van der Waals surface area contributed by atoms with Crippen molar-refractivity contribution in [2.45, 2.75) is 95.7 Å². The molecule has 2 fully saturated rings. The molecule has 2 saturated carbocycles. The van der Waals surface area contributed by atoms with Crippen LogP contribution in [-0.4, -0.2) is 24.8 Å². The molecule has 2 aliphatic carbocycles. The molecule has 2 heteroatoms. The molecule has 0 bridgehead atoms. The van der Waals surface area contributed by atoms with Crippen LogP contribution in [0, 0.1) is 0 Å². The van der Waals surface area contributed by atoms with Crippen LogP contribution in [0.15, 0.2) is 0 Å². The standard InChI is InChI=1S/C17H33NO/c1-2-14-18-15-17(12-8-5-9-13-17)19-16-10-6-3-4-7-11-16/h16,18H,2-15H2,1H3. The molecule has 0 atom stereocenters. The minimum atomic E-state index is 0.169. The average molecular weight is 267 g/mol. The third-order valence-electron chi connectivity index (χ3n) is 4.86. The van der Waals surface area contributed by atoms with Gasteiger partial charge in [0, 0.05) is 6.54 Å². The van der Waals surface area contributed by atoms with E-state index in [9.17, 15) is 0 Å². The zero-order chi connectivity index (χ0) is 13.4. The second-order valence-corrected chi connectivity index (χ2v) is 6.65. The Morgan fingerprint density at radius 1 is 0.947 bits per heavy atom. The summed E-state index contributed by atoms with van der Waals surface area (Å²) in [7, 11) is 0. The monoisotopic (exact) mass is 267 g/mol. The van der Waals surface area contributed by atoms with E-state index in [1.807, 2.05) is 0 Å². The van der Waals surface area contributed by atoms with E-state index in [2.05, 4.69) is 12.2 Å². The Morgan fingerprint density at radius 3 is 2.21 bits per heavy atom. The fourth-order valence-electron chi connectivity index (χ4n) is 3.74. The molecule has 0 unspecified atom stereocenters. The summed E-state index contributed by atoms with van der Waals surface area (Å²) >= 11 is 0. The van der Waals surface area contributed by atoms with Crippen molar-refractivity contribution in [2.75, 3.05) is 13.1 Å². The van der Waals surface area contributed by atoms with E-state index >= 15 is 0 Å². The highest BCUT2D eigenvalue weighted by atomic mass is 16.5. The Hall–Kier alpha value is -0.0800. The van der Waals surface area contributed by atoms with E-state index in [1.165, 1.54) is 77.0 Å². The third-order valence-corrected chi connectivity index (χ3v) is 4.86. The molecule has 2 rings (SSSR count). The van der Waals surface area contributed by atoms with Gasteiger partial charge in [0.05, 0.1) is 11.7 Å². The van der Waals surface area contributed by atoms with Crippen LogP contribution in [-0.2, 0) is 4.74 Å². The van der Waals surface area contributed by atoms with Gasteiger partial charge in [-0.15, -0.1) is 0 Å². The zero-order valence-corrected chi connectivity index (χ0v) is 12.9. The van der Waals surface area contributed by atoms with Gasteiger partial charge in [0.25, 0.3) is 0 Å². The molecule has 2 aliphatic rings. The smallest absolute Gasteiger partial charge is 0.0810 e. The van der Waals surface area contributed by atoms with Crippen molar-refractivity contribution in [3.05, 3.63) is 0 Å². The molecule has 0 heterocycles. The summed E-state index contributed by atoms with van der Waals surface area (Å²) in [5.41, 5.74) is 0.169. The lowest BCUT2D eigenvalue weighted by atomic mass is 9.84. The van der Waals surface area contributed by atoms with Crippen LogP contribution < -0.4 is 5.32 Å². The second kappa shape index (κ2) is 8.26. The van der Waals surface area contributed by atoms with E-state index in [0.717, 1.165) is 13.1 Å². The van der Waals surface area contributed by atoms with Gasteiger partial charge in [-0.3, -0.25) is 0 Å². The minimum absolute atomic E-state index is 0.169. The maximum Gasteiger partial charge on any atom is 0.0810 e. The van der Waals surface area contributed by atoms with Gasteiger partial charge in [0.1, 0.15) is 0 Å². The van der Waals surface area contributed by atoms with Crippen molar-refractivity contribution in [1.29, 1.82) is 0 Å². The average Bonchev–Trinajstić information content (AvgIpc) is 2.69. The summed E-state index contributed by atoms with van der Waals surface area (Å²) in [4.78, 5) is 0. The second-order valence-electron chi connectivity index (χ2n) is 6.65. The summed E-state index contributed by atoms with van der Waals surface area (Å²) in [5.74, 6) is 0. The van der Waals surface area contributed by atoms with Crippen LogP contribution in [0.25, 0.3) is 0 Å². The number of nitrogens with one attached hydrogen (secondary N) is 1. The molecule has 0 aromatic heterocycles. The summed E-state index contributed by atoms with van der Waals surface area (Å²) < 4.78 is 6.68. The van der Waals surface area contributed by atoms with Crippen molar-refractivity contribution in [3.63, 3.8) is 0 Å². The highest BCUT2D eigenvalue weighted by Gasteiger charge is 2.35. The van der Waals surface area contributed by atoms with Gasteiger partial charge in [-0.25, -0.2) is 0 Å². The van der Waals surface area contributed by atoms with Gasteiger partial charge in [0.2, 0.25) is 0 Å². The van der Waals surface area contributed by atoms with Crippen molar-refractivity contribution in [1.82, 2.24) is 5.32 Å². The third kappa shape index (κ3) is 5.07. The van der Waals surface area contributed by atoms with Crippen LogP contribution >= 0.6 is 0 Å². The number of hydrogen-bond acceptors (Lipinski definition) is 2. The molecule has 1 N–H and O–H groups in total. The number of rotatable bonds is 6. The van der Waals surface area contributed by atoms with Crippen LogP contribution in [0.4, 0.5) is 0 Å². The first-order valence-corrected chi connectivity index (χ1v) is 8.73. The Bertz CT molecular complexity index is 227. The largest absolute Gasteiger partial charge is 0.370 e. The lowest BCUT2D eigenvalue weighted by Crippen LogP contribution is -2.47. The zero-order valence-electron chi connectivity index (χ0n) is 12.9. The summed E-state index contributed by atoms with van der Waals surface area (Å²) in [6, 6.07) is 0. The molecule has 112 valence electrons. The Balaban J connectivity index is 1.87. The fourth-order valence-corrected chi connectivity index (χ4v) is 3.74. The Morgan fingerprint density at radius 2 is 1.58 bits per heavy atom. The minimum Gasteiger partial charge on any atom is -0.370 e. The topological polar surface area (TPSA) is 21.3 Å². The molecule has 0 aliphatic heterocycles. The molecule has 0 amide bonds. The summed E-state index contributed by atoms with van der Waals surface area (Å²) in [6.07, 6.45) is 16.6. The maximum atomic E-state index is 6.68. The molecule has 0 radical (unpaired) electrons. The van der Waals surface area contributed by atoms with Crippen LogP contribution in [0.5, 0.6) is 0 Å². The lowest BCUT2D eigenvalue weighted by Gasteiger charge is -2.40. The highest BCUT2D eigenvalue weighted by Crippen LogP contribution is 2.34. The Labute approximate surface area is 119 Å². The van der Waals surface area contributed by atoms with Crippen molar-refractivity contribution >= 4 is 0 Å². The molecule has 0 saturated heterocycles. The number of hydrogen-bond donors (Lipinski definition) is 1. The molecular formula is C17H33NO. The molecule has 0 spiro atoms. The molecule has 19 heavy (non-hydrogen) atoms. The van der Waals surface area contributed by atoms with Gasteiger partial charge in [-0.1, -0.05) is 51.9 Å². The van der Waals surface area contributed by atoms with Crippen LogP contribution in [0.1, 0.15) is 84.0 Å². The van der Waals surface area contributed by atoms with E-state index in [-0.39, 0.29) is 5.60 Å². The summed E-state index contributed by atoms with van der Waals surface area (Å²) in [6.45, 7) is 4.46. The predicted octanol–water partition coefficient (Wildman–Crippen LogP) is 4.43. The van der Waals surface area contributed by atoms with Crippen LogP contribution in [0.2, 0.25) is 0 Å². The lowest BCUT2D eigenvalue weighted by molar-refractivity contribution is -0.116. The van der Waals surface area contributed by atoms with Gasteiger partial charge in [-0.2, -0.15) is 0 Å². The van der Waals surface area contributed by atoms with Gasteiger partial charge < -0.3 is 10.1 Å². The van der Waals surface area contributed by atoms with Crippen LogP contribution in [0.3, 0.4) is 0 Å².